The molecule has 3 rings (SSSR count). The molecular formula is C17H11Cl3F3N5. The summed E-state index contributed by atoms with van der Waals surface area (Å²) in [5.74, 6) is 0.252. The highest BCUT2D eigenvalue weighted by atomic mass is 35.5. The van der Waals surface area contributed by atoms with Crippen molar-refractivity contribution in [1.82, 2.24) is 9.97 Å². The molecule has 0 aliphatic heterocycles. The van der Waals surface area contributed by atoms with E-state index in [1.54, 1.807) is 18.2 Å². The molecule has 5 nitrogen and oxygen atoms in total. The Kier molecular flexibility index (Phi) is 5.74. The number of aromatic nitrogens is 2. The Morgan fingerprint density at radius 3 is 1.93 bits per heavy atom. The number of nitrogen functional groups attached to an aromatic ring is 1. The summed E-state index contributed by atoms with van der Waals surface area (Å²) in [6.45, 7) is 0. The molecule has 0 saturated heterocycles. The topological polar surface area (TPSA) is 75.9 Å². The Morgan fingerprint density at radius 2 is 1.36 bits per heavy atom. The summed E-state index contributed by atoms with van der Waals surface area (Å²) < 4.78 is 38.8. The summed E-state index contributed by atoms with van der Waals surface area (Å²) in [7, 11) is 0. The number of nitrogens with two attached hydrogens (primary N) is 1. The van der Waals surface area contributed by atoms with Crippen molar-refractivity contribution in [2.75, 3.05) is 16.4 Å². The third kappa shape index (κ3) is 4.52. The lowest BCUT2D eigenvalue weighted by Gasteiger charge is -2.15. The quantitative estimate of drug-likeness (QED) is 0.423. The van der Waals surface area contributed by atoms with E-state index in [9.17, 15) is 13.2 Å². The van der Waals surface area contributed by atoms with Crippen LogP contribution in [0.4, 0.5) is 41.9 Å². The van der Waals surface area contributed by atoms with Gasteiger partial charge in [-0.05, 0) is 36.4 Å². The van der Waals surface area contributed by atoms with E-state index in [4.69, 9.17) is 40.5 Å². The zero-order valence-electron chi connectivity index (χ0n) is 13.8. The highest BCUT2D eigenvalue weighted by molar-refractivity contribution is 6.35. The van der Waals surface area contributed by atoms with Crippen molar-refractivity contribution in [2.24, 2.45) is 0 Å². The molecule has 0 saturated carbocycles. The molecule has 0 aliphatic carbocycles. The molecule has 0 bridgehead atoms. The van der Waals surface area contributed by atoms with Gasteiger partial charge >= 0.3 is 6.18 Å². The van der Waals surface area contributed by atoms with Crippen LogP contribution in [0.2, 0.25) is 15.1 Å². The summed E-state index contributed by atoms with van der Waals surface area (Å²) in [5.41, 5.74) is 5.67. The molecule has 4 N–H and O–H groups in total. The molecule has 1 aromatic heterocycles. The summed E-state index contributed by atoms with van der Waals surface area (Å²) in [6.07, 6.45) is -3.34. The van der Waals surface area contributed by atoms with Crippen molar-refractivity contribution < 1.29 is 13.2 Å². The highest BCUT2D eigenvalue weighted by Crippen LogP contribution is 2.37. The molecule has 0 amide bonds. The summed E-state index contributed by atoms with van der Waals surface area (Å²) in [4.78, 5) is 7.99. The number of alkyl halides is 3. The molecule has 1 heterocycles. The van der Waals surface area contributed by atoms with Crippen molar-refractivity contribution in [3.05, 3.63) is 63.4 Å². The second-order valence-corrected chi connectivity index (χ2v) is 6.80. The van der Waals surface area contributed by atoms with Crippen LogP contribution < -0.4 is 16.4 Å². The number of nitrogens with zero attached hydrogens (tertiary/aromatic N) is 2. The Hall–Kier alpha value is -2.42. The van der Waals surface area contributed by atoms with Gasteiger partial charge in [0.15, 0.2) is 11.6 Å². The van der Waals surface area contributed by atoms with Gasteiger partial charge in [0.2, 0.25) is 0 Å². The first kappa shape index (κ1) is 20.3. The summed E-state index contributed by atoms with van der Waals surface area (Å²) in [6, 6.07) is 7.65. The smallest absolute Gasteiger partial charge is 0.393 e. The van der Waals surface area contributed by atoms with Gasteiger partial charge in [0.25, 0.3) is 0 Å². The average molecular weight is 449 g/mol. The molecule has 3 aromatic rings. The average Bonchev–Trinajstić information content (AvgIpc) is 2.62. The molecule has 146 valence electrons. The van der Waals surface area contributed by atoms with E-state index in [1.165, 1.54) is 6.33 Å². The maximum atomic E-state index is 12.9. The van der Waals surface area contributed by atoms with Crippen LogP contribution >= 0.6 is 34.8 Å². The predicted octanol–water partition coefficient (Wildman–Crippen LogP) is 6.53. The fourth-order valence-electron chi connectivity index (χ4n) is 2.24. The number of halogens is 6. The summed E-state index contributed by atoms with van der Waals surface area (Å²) >= 11 is 18.0. The predicted molar refractivity (Wildman–Crippen MR) is 106 cm³/mol. The van der Waals surface area contributed by atoms with E-state index in [0.29, 0.717) is 15.7 Å². The van der Waals surface area contributed by atoms with Crippen molar-refractivity contribution >= 4 is 63.5 Å². The van der Waals surface area contributed by atoms with Crippen molar-refractivity contribution in [3.63, 3.8) is 0 Å². The minimum Gasteiger partial charge on any atom is -0.393 e. The first-order valence-corrected chi connectivity index (χ1v) is 8.75. The van der Waals surface area contributed by atoms with Gasteiger partial charge in [-0.15, -0.1) is 0 Å². The van der Waals surface area contributed by atoms with Gasteiger partial charge < -0.3 is 16.4 Å². The standard InChI is InChI=1S/C17H11Cl3F3N5/c18-9-2-4-11(20)13(6-9)28-16-14(24)15(25-7-26-16)27-12-5-8(17(21,22)23)1-3-10(12)19/h1-7H,24H2,(H2,25,26,27,28). The maximum absolute atomic E-state index is 12.9. The number of hydrogen-bond acceptors (Lipinski definition) is 5. The first-order chi connectivity index (χ1) is 13.1. The molecule has 0 unspecified atom stereocenters. The Labute approximate surface area is 172 Å². The van der Waals surface area contributed by atoms with Crippen LogP contribution in [0.5, 0.6) is 0 Å². The zero-order chi connectivity index (χ0) is 20.5. The van der Waals surface area contributed by atoms with E-state index in [-0.39, 0.29) is 28.0 Å². The minimum atomic E-state index is -4.52. The van der Waals surface area contributed by atoms with Gasteiger partial charge in [-0.3, -0.25) is 0 Å². The highest BCUT2D eigenvalue weighted by Gasteiger charge is 2.31. The van der Waals surface area contributed by atoms with Crippen LogP contribution in [0.25, 0.3) is 0 Å². The fourth-order valence-corrected chi connectivity index (χ4v) is 2.74. The second kappa shape index (κ2) is 7.90. The monoisotopic (exact) mass is 447 g/mol. The van der Waals surface area contributed by atoms with Crippen LogP contribution in [-0.4, -0.2) is 9.97 Å². The van der Waals surface area contributed by atoms with Crippen LogP contribution in [0.15, 0.2) is 42.7 Å². The van der Waals surface area contributed by atoms with Crippen LogP contribution in [0.1, 0.15) is 5.56 Å². The Bertz CT molecular complexity index is 1030. The normalized spacial score (nSPS) is 11.4. The third-order valence-electron chi connectivity index (χ3n) is 3.61. The van der Waals surface area contributed by atoms with E-state index in [2.05, 4.69) is 20.6 Å². The maximum Gasteiger partial charge on any atom is 0.416 e. The summed E-state index contributed by atoms with van der Waals surface area (Å²) in [5, 5.41) is 6.49. The fraction of sp³-hybridized carbons (Fsp3) is 0.0588. The van der Waals surface area contributed by atoms with E-state index in [1.807, 2.05) is 0 Å². The first-order valence-electron chi connectivity index (χ1n) is 7.61. The SMILES string of the molecule is Nc1c(Nc2cc(Cl)ccc2Cl)ncnc1Nc1cc(C(F)(F)F)ccc1Cl. The van der Waals surface area contributed by atoms with Gasteiger partial charge in [-0.2, -0.15) is 13.2 Å². The van der Waals surface area contributed by atoms with Crippen LogP contribution in [0, 0.1) is 0 Å². The van der Waals surface area contributed by atoms with Crippen molar-refractivity contribution in [1.29, 1.82) is 0 Å². The largest absolute Gasteiger partial charge is 0.416 e. The molecule has 0 atom stereocenters. The lowest BCUT2D eigenvalue weighted by Crippen LogP contribution is -2.08. The molecule has 0 spiro atoms. The molecule has 11 heteroatoms. The lowest BCUT2D eigenvalue weighted by atomic mass is 10.2. The third-order valence-corrected chi connectivity index (χ3v) is 4.51. The Balaban J connectivity index is 1.93. The number of nitrogens with one attached hydrogen (secondary N) is 2. The van der Waals surface area contributed by atoms with Gasteiger partial charge in [0.05, 0.1) is 27.0 Å². The lowest BCUT2D eigenvalue weighted by molar-refractivity contribution is -0.137. The molecule has 2 aromatic carbocycles. The van der Waals surface area contributed by atoms with Crippen LogP contribution in [0.3, 0.4) is 0 Å². The molecular weight excluding hydrogens is 438 g/mol. The molecule has 28 heavy (non-hydrogen) atoms. The minimum absolute atomic E-state index is 0.00590. The van der Waals surface area contributed by atoms with Crippen molar-refractivity contribution in [2.45, 2.75) is 6.18 Å². The van der Waals surface area contributed by atoms with Gasteiger partial charge in [-0.25, -0.2) is 9.97 Å². The Morgan fingerprint density at radius 1 is 0.821 bits per heavy atom. The second-order valence-electron chi connectivity index (χ2n) is 5.55. The molecule has 0 fully saturated rings. The van der Waals surface area contributed by atoms with Gasteiger partial charge in [-0.1, -0.05) is 34.8 Å². The number of hydrogen-bond donors (Lipinski definition) is 3. The molecule has 0 radical (unpaired) electrons. The molecule has 0 aliphatic rings. The van der Waals surface area contributed by atoms with E-state index >= 15 is 0 Å². The number of anilines is 5. The van der Waals surface area contributed by atoms with Gasteiger partial charge in [0, 0.05) is 5.02 Å². The number of benzene rings is 2. The number of rotatable bonds is 4. The zero-order valence-corrected chi connectivity index (χ0v) is 16.0. The van der Waals surface area contributed by atoms with E-state index < -0.39 is 11.7 Å². The van der Waals surface area contributed by atoms with E-state index in [0.717, 1.165) is 18.2 Å². The van der Waals surface area contributed by atoms with Gasteiger partial charge in [0.1, 0.15) is 12.0 Å². The van der Waals surface area contributed by atoms with Crippen LogP contribution in [-0.2, 0) is 6.18 Å². The van der Waals surface area contributed by atoms with Crippen molar-refractivity contribution in [3.8, 4) is 0 Å².